The molecule has 2 aliphatic heterocycles. The summed E-state index contributed by atoms with van der Waals surface area (Å²) in [6.45, 7) is 13.7. The molecule has 0 N–H and O–H groups in total. The van der Waals surface area contributed by atoms with Gasteiger partial charge in [-0.15, -0.1) is 26.2 Å². The predicted octanol–water partition coefficient (Wildman–Crippen LogP) is -1.14. The Balaban J connectivity index is -0.000000270. The molecule has 0 aromatic carbocycles. The zero-order valence-corrected chi connectivity index (χ0v) is 17.7. The summed E-state index contributed by atoms with van der Waals surface area (Å²) >= 11 is 0. The smallest absolute Gasteiger partial charge is 1.00 e. The van der Waals surface area contributed by atoms with Crippen LogP contribution in [0.25, 0.3) is 10.6 Å². The maximum absolute atomic E-state index is 4.31. The van der Waals surface area contributed by atoms with Crippen molar-refractivity contribution in [2.24, 2.45) is 23.7 Å². The van der Waals surface area contributed by atoms with Crippen LogP contribution in [0.5, 0.6) is 0 Å². The molecule has 2 heterocycles. The molecule has 2 nitrogen and oxygen atoms in total. The first kappa shape index (κ1) is 27.1. The summed E-state index contributed by atoms with van der Waals surface area (Å²) < 4.78 is 0. The van der Waals surface area contributed by atoms with Crippen LogP contribution in [0.2, 0.25) is 0 Å². The van der Waals surface area contributed by atoms with E-state index in [1.165, 1.54) is 25.7 Å². The molecule has 2 fully saturated rings. The molecular weight excluding hydrogens is 486 g/mol. The van der Waals surface area contributed by atoms with Crippen LogP contribution in [0, 0.1) is 23.7 Å². The summed E-state index contributed by atoms with van der Waals surface area (Å²) in [6, 6.07) is 0. The van der Waals surface area contributed by atoms with Crippen molar-refractivity contribution in [3.63, 3.8) is 0 Å². The van der Waals surface area contributed by atoms with Gasteiger partial charge in [0.25, 0.3) is 0 Å². The van der Waals surface area contributed by atoms with E-state index in [9.17, 15) is 0 Å². The third kappa shape index (κ3) is 12.3. The van der Waals surface area contributed by atoms with Crippen LogP contribution in [-0.4, -0.2) is 26.2 Å². The maximum Gasteiger partial charge on any atom is 4.00 e. The average molecular weight is 518 g/mol. The molecule has 0 spiro atoms. The number of piperidine rings is 2. The Bertz CT molecular complexity index is 182. The summed E-state index contributed by atoms with van der Waals surface area (Å²) in [5, 5.41) is 8.62. The molecule has 0 unspecified atom stereocenters. The van der Waals surface area contributed by atoms with Crippen molar-refractivity contribution in [1.82, 2.24) is 0 Å². The molecule has 0 atom stereocenters. The third-order valence-corrected chi connectivity index (χ3v) is 4.52. The average Bonchev–Trinajstić information content (AvgIpc) is 2.41. The number of hydrogen-bond acceptors (Lipinski definition) is 0. The summed E-state index contributed by atoms with van der Waals surface area (Å²) in [7, 11) is 0. The number of hydrogen-bond donors (Lipinski definition) is 0. The zero-order valence-electron chi connectivity index (χ0n) is 13.9. The largest absolute Gasteiger partial charge is 4.00 e. The minimum Gasteiger partial charge on any atom is -1.00 e. The summed E-state index contributed by atoms with van der Waals surface area (Å²) in [6.07, 6.45) is 5.32. The van der Waals surface area contributed by atoms with Gasteiger partial charge in [-0.1, -0.05) is 53.4 Å². The van der Waals surface area contributed by atoms with Gasteiger partial charge in [0.1, 0.15) is 0 Å². The minimum atomic E-state index is 0. The van der Waals surface area contributed by atoms with Gasteiger partial charge in [-0.05, 0) is 23.7 Å². The fourth-order valence-corrected chi connectivity index (χ4v) is 2.87. The SMILES string of the molecule is CC(C)C1CC[N-]CC1.CC(C)C1CC[N-]CC1.[Cl-].[Cl-].[Pt+4]. The molecule has 0 aromatic heterocycles. The van der Waals surface area contributed by atoms with Gasteiger partial charge in [-0.25, -0.2) is 0 Å². The molecule has 0 amide bonds. The second-order valence-corrected chi connectivity index (χ2v) is 6.50. The maximum atomic E-state index is 4.31. The van der Waals surface area contributed by atoms with Gasteiger partial charge in [-0.3, -0.25) is 0 Å². The van der Waals surface area contributed by atoms with E-state index in [0.29, 0.717) is 0 Å². The Labute approximate surface area is 159 Å². The third-order valence-electron chi connectivity index (χ3n) is 4.52. The van der Waals surface area contributed by atoms with Crippen LogP contribution in [-0.2, 0) is 21.1 Å². The van der Waals surface area contributed by atoms with Crippen LogP contribution < -0.4 is 24.8 Å². The van der Waals surface area contributed by atoms with Crippen molar-refractivity contribution in [3.05, 3.63) is 10.6 Å². The second kappa shape index (κ2) is 16.1. The van der Waals surface area contributed by atoms with Crippen molar-refractivity contribution in [1.29, 1.82) is 0 Å². The Kier molecular flexibility index (Phi) is 20.7. The molecule has 2 rings (SSSR count). The molecular formula is C16H32Cl2N2Pt. The van der Waals surface area contributed by atoms with Crippen LogP contribution in [0.4, 0.5) is 0 Å². The molecule has 2 aliphatic rings. The first-order chi connectivity index (χ1) is 8.61. The normalized spacial score (nSPS) is 19.7. The number of rotatable bonds is 2. The van der Waals surface area contributed by atoms with E-state index >= 15 is 0 Å². The van der Waals surface area contributed by atoms with Crippen molar-refractivity contribution in [3.8, 4) is 0 Å². The topological polar surface area (TPSA) is 28.2 Å². The van der Waals surface area contributed by atoms with E-state index in [1.54, 1.807) is 0 Å². The van der Waals surface area contributed by atoms with E-state index < -0.39 is 0 Å². The second-order valence-electron chi connectivity index (χ2n) is 6.50. The molecule has 0 aliphatic carbocycles. The number of nitrogens with zero attached hydrogens (tertiary/aromatic N) is 2. The van der Waals surface area contributed by atoms with Gasteiger partial charge in [0.2, 0.25) is 0 Å². The van der Waals surface area contributed by atoms with E-state index in [2.05, 4.69) is 38.3 Å². The fraction of sp³-hybridized carbons (Fsp3) is 1.00. The van der Waals surface area contributed by atoms with E-state index in [0.717, 1.165) is 49.9 Å². The van der Waals surface area contributed by atoms with Gasteiger partial charge in [0.05, 0.1) is 0 Å². The summed E-state index contributed by atoms with van der Waals surface area (Å²) in [5.41, 5.74) is 0. The fourth-order valence-electron chi connectivity index (χ4n) is 2.87. The minimum absolute atomic E-state index is 0. The molecule has 5 heteroatoms. The molecule has 0 bridgehead atoms. The van der Waals surface area contributed by atoms with Gasteiger partial charge in [0, 0.05) is 0 Å². The summed E-state index contributed by atoms with van der Waals surface area (Å²) in [4.78, 5) is 0. The molecule has 0 aromatic rings. The van der Waals surface area contributed by atoms with Crippen molar-refractivity contribution >= 4 is 0 Å². The summed E-state index contributed by atoms with van der Waals surface area (Å²) in [5.74, 6) is 3.67. The predicted molar refractivity (Wildman–Crippen MR) is 81.3 cm³/mol. The first-order valence-corrected chi connectivity index (χ1v) is 7.87. The molecule has 2 saturated heterocycles. The van der Waals surface area contributed by atoms with Crippen LogP contribution in [0.15, 0.2) is 0 Å². The molecule has 130 valence electrons. The van der Waals surface area contributed by atoms with Gasteiger partial charge >= 0.3 is 21.1 Å². The van der Waals surface area contributed by atoms with Crippen LogP contribution in [0.3, 0.4) is 0 Å². The van der Waals surface area contributed by atoms with Crippen molar-refractivity contribution < 1.29 is 45.9 Å². The van der Waals surface area contributed by atoms with E-state index in [4.69, 9.17) is 0 Å². The van der Waals surface area contributed by atoms with Gasteiger partial charge < -0.3 is 35.4 Å². The Morgan fingerprint density at radius 1 is 0.619 bits per heavy atom. The van der Waals surface area contributed by atoms with E-state index in [-0.39, 0.29) is 45.9 Å². The quantitative estimate of drug-likeness (QED) is 0.443. The Morgan fingerprint density at radius 2 is 0.857 bits per heavy atom. The van der Waals surface area contributed by atoms with Crippen LogP contribution >= 0.6 is 0 Å². The van der Waals surface area contributed by atoms with Crippen LogP contribution in [0.1, 0.15) is 53.4 Å². The molecule has 0 radical (unpaired) electrons. The Hall–Kier alpha value is 1.19. The van der Waals surface area contributed by atoms with Crippen molar-refractivity contribution in [2.45, 2.75) is 53.4 Å². The monoisotopic (exact) mass is 517 g/mol. The number of halogens is 2. The first-order valence-electron chi connectivity index (χ1n) is 7.87. The van der Waals surface area contributed by atoms with E-state index in [1.807, 2.05) is 0 Å². The van der Waals surface area contributed by atoms with Crippen molar-refractivity contribution in [2.75, 3.05) is 26.2 Å². The zero-order chi connectivity index (χ0) is 13.4. The molecule has 0 saturated carbocycles. The molecule has 21 heavy (non-hydrogen) atoms. The Morgan fingerprint density at radius 3 is 1.00 bits per heavy atom. The van der Waals surface area contributed by atoms with Gasteiger partial charge in [0.15, 0.2) is 0 Å². The van der Waals surface area contributed by atoms with Gasteiger partial charge in [-0.2, -0.15) is 0 Å². The standard InChI is InChI=1S/2C8H16N.2ClH.Pt/c2*1-7(2)8-3-5-9-6-4-8;;;/h2*7-8H,3-6H2,1-2H3;2*1H;/q2*-1;;;+4/p-2.